The van der Waals surface area contributed by atoms with Crippen LogP contribution in [-0.4, -0.2) is 23.0 Å². The molecule has 0 atom stereocenters. The van der Waals surface area contributed by atoms with Crippen molar-refractivity contribution in [3.63, 3.8) is 0 Å². The minimum absolute atomic E-state index is 0.454. The van der Waals surface area contributed by atoms with Crippen LogP contribution < -0.4 is 15.2 Å². The standard InChI is InChI=1S/C13H13BrClN3O2/c14-9-4-8(7-18-13(16)10(15)6-17-18)5-11-12(9)20-3-1-2-19-11/h4-6H,1-3,7,16H2. The summed E-state index contributed by atoms with van der Waals surface area (Å²) < 4.78 is 13.9. The Labute approximate surface area is 129 Å². The predicted octanol–water partition coefficient (Wildman–Crippen LogP) is 3.09. The first-order valence-corrected chi connectivity index (χ1v) is 7.37. The molecule has 0 spiro atoms. The number of hydrogen-bond donors (Lipinski definition) is 1. The summed E-state index contributed by atoms with van der Waals surface area (Å²) in [6.45, 7) is 1.83. The summed E-state index contributed by atoms with van der Waals surface area (Å²) in [6.07, 6.45) is 2.41. The number of halogens is 2. The van der Waals surface area contributed by atoms with Gasteiger partial charge in [0, 0.05) is 6.42 Å². The summed E-state index contributed by atoms with van der Waals surface area (Å²) in [4.78, 5) is 0. The summed E-state index contributed by atoms with van der Waals surface area (Å²) in [6, 6.07) is 3.92. The zero-order valence-electron chi connectivity index (χ0n) is 10.6. The molecule has 7 heteroatoms. The van der Waals surface area contributed by atoms with Crippen molar-refractivity contribution in [2.45, 2.75) is 13.0 Å². The van der Waals surface area contributed by atoms with Gasteiger partial charge in [-0.25, -0.2) is 4.68 Å². The molecule has 2 N–H and O–H groups in total. The molecule has 0 bridgehead atoms. The van der Waals surface area contributed by atoms with E-state index in [-0.39, 0.29) is 0 Å². The third kappa shape index (κ3) is 2.58. The Morgan fingerprint density at radius 3 is 2.90 bits per heavy atom. The van der Waals surface area contributed by atoms with E-state index in [1.807, 2.05) is 12.1 Å². The molecule has 1 aromatic carbocycles. The summed E-state index contributed by atoms with van der Waals surface area (Å²) in [5.74, 6) is 1.94. The maximum absolute atomic E-state index is 5.90. The Morgan fingerprint density at radius 1 is 1.35 bits per heavy atom. The predicted molar refractivity (Wildman–Crippen MR) is 80.5 cm³/mol. The van der Waals surface area contributed by atoms with E-state index in [1.165, 1.54) is 6.20 Å². The molecule has 1 aromatic heterocycles. The van der Waals surface area contributed by atoms with E-state index in [0.717, 1.165) is 28.0 Å². The van der Waals surface area contributed by atoms with Crippen molar-refractivity contribution in [3.8, 4) is 11.5 Å². The molecule has 2 heterocycles. The lowest BCUT2D eigenvalue weighted by Crippen LogP contribution is -2.06. The highest BCUT2D eigenvalue weighted by Gasteiger charge is 2.16. The fourth-order valence-electron chi connectivity index (χ4n) is 2.05. The number of aromatic nitrogens is 2. The van der Waals surface area contributed by atoms with E-state index in [4.69, 9.17) is 26.8 Å². The molecule has 0 aliphatic carbocycles. The van der Waals surface area contributed by atoms with Gasteiger partial charge < -0.3 is 15.2 Å². The molecule has 0 radical (unpaired) electrons. The monoisotopic (exact) mass is 357 g/mol. The van der Waals surface area contributed by atoms with E-state index in [1.54, 1.807) is 4.68 Å². The lowest BCUT2D eigenvalue weighted by atomic mass is 10.2. The van der Waals surface area contributed by atoms with Gasteiger partial charge in [0.1, 0.15) is 10.8 Å². The lowest BCUT2D eigenvalue weighted by molar-refractivity contribution is 0.296. The highest BCUT2D eigenvalue weighted by molar-refractivity contribution is 9.10. The van der Waals surface area contributed by atoms with E-state index in [2.05, 4.69) is 21.0 Å². The van der Waals surface area contributed by atoms with Crippen molar-refractivity contribution in [3.05, 3.63) is 33.4 Å². The number of ether oxygens (including phenoxy) is 2. The Balaban J connectivity index is 1.93. The van der Waals surface area contributed by atoms with Gasteiger partial charge in [0.05, 0.1) is 30.4 Å². The lowest BCUT2D eigenvalue weighted by Gasteiger charge is -2.12. The van der Waals surface area contributed by atoms with Crippen LogP contribution in [0.4, 0.5) is 5.82 Å². The Kier molecular flexibility index (Phi) is 3.76. The zero-order chi connectivity index (χ0) is 14.1. The topological polar surface area (TPSA) is 62.3 Å². The second kappa shape index (κ2) is 5.54. The van der Waals surface area contributed by atoms with E-state index in [9.17, 15) is 0 Å². The minimum atomic E-state index is 0.454. The molecule has 0 saturated heterocycles. The molecule has 0 saturated carbocycles. The van der Waals surface area contributed by atoms with Crippen LogP contribution in [0, 0.1) is 0 Å². The smallest absolute Gasteiger partial charge is 0.175 e. The maximum atomic E-state index is 5.90. The van der Waals surface area contributed by atoms with Crippen molar-refractivity contribution >= 4 is 33.3 Å². The van der Waals surface area contributed by atoms with E-state index in [0.29, 0.717) is 30.6 Å². The van der Waals surface area contributed by atoms with Crippen LogP contribution in [0.25, 0.3) is 0 Å². The number of rotatable bonds is 2. The third-order valence-corrected chi connectivity index (χ3v) is 3.91. The number of benzene rings is 1. The number of hydrogen-bond acceptors (Lipinski definition) is 4. The van der Waals surface area contributed by atoms with Crippen molar-refractivity contribution in [2.75, 3.05) is 18.9 Å². The molecule has 3 rings (SSSR count). The molecule has 1 aliphatic rings. The van der Waals surface area contributed by atoms with Crippen LogP contribution in [-0.2, 0) is 6.54 Å². The van der Waals surface area contributed by atoms with Gasteiger partial charge >= 0.3 is 0 Å². The first-order valence-electron chi connectivity index (χ1n) is 6.20. The first-order chi connectivity index (χ1) is 9.65. The molecule has 0 amide bonds. The van der Waals surface area contributed by atoms with Gasteiger partial charge in [0.25, 0.3) is 0 Å². The van der Waals surface area contributed by atoms with Crippen LogP contribution >= 0.6 is 27.5 Å². The van der Waals surface area contributed by atoms with Gasteiger partial charge in [-0.3, -0.25) is 0 Å². The molecular formula is C13H13BrClN3O2. The van der Waals surface area contributed by atoms with Crippen LogP contribution in [0.2, 0.25) is 5.02 Å². The van der Waals surface area contributed by atoms with Gasteiger partial charge in [-0.05, 0) is 33.6 Å². The largest absolute Gasteiger partial charge is 0.490 e. The quantitative estimate of drug-likeness (QED) is 0.896. The van der Waals surface area contributed by atoms with Crippen LogP contribution in [0.1, 0.15) is 12.0 Å². The minimum Gasteiger partial charge on any atom is -0.490 e. The maximum Gasteiger partial charge on any atom is 0.175 e. The fraction of sp³-hybridized carbons (Fsp3) is 0.308. The number of fused-ring (bicyclic) bond motifs is 1. The van der Waals surface area contributed by atoms with Gasteiger partial charge in [-0.15, -0.1) is 0 Å². The molecule has 0 fully saturated rings. The molecule has 1 aliphatic heterocycles. The molecule has 0 unspecified atom stereocenters. The molecule has 2 aromatic rings. The summed E-state index contributed by atoms with van der Waals surface area (Å²) in [5, 5.41) is 4.60. The fourth-order valence-corrected chi connectivity index (χ4v) is 2.79. The average molecular weight is 359 g/mol. The molecule has 20 heavy (non-hydrogen) atoms. The number of anilines is 1. The average Bonchev–Trinajstić information content (AvgIpc) is 2.66. The molecule has 5 nitrogen and oxygen atoms in total. The summed E-state index contributed by atoms with van der Waals surface area (Å²) in [5.41, 5.74) is 6.86. The highest BCUT2D eigenvalue weighted by Crippen LogP contribution is 2.38. The number of nitrogens with two attached hydrogens (primary N) is 1. The van der Waals surface area contributed by atoms with Crippen molar-refractivity contribution in [1.82, 2.24) is 9.78 Å². The Morgan fingerprint density at radius 2 is 2.15 bits per heavy atom. The molecular weight excluding hydrogens is 346 g/mol. The second-order valence-corrected chi connectivity index (χ2v) is 5.75. The van der Waals surface area contributed by atoms with Crippen LogP contribution in [0.3, 0.4) is 0 Å². The van der Waals surface area contributed by atoms with Crippen molar-refractivity contribution in [2.24, 2.45) is 0 Å². The SMILES string of the molecule is Nc1c(Cl)cnn1Cc1cc(Br)c2c(c1)OCCCO2. The highest BCUT2D eigenvalue weighted by atomic mass is 79.9. The Hall–Kier alpha value is -1.40. The first kappa shape index (κ1) is 13.6. The van der Waals surface area contributed by atoms with Crippen molar-refractivity contribution < 1.29 is 9.47 Å². The van der Waals surface area contributed by atoms with Crippen LogP contribution in [0.15, 0.2) is 22.8 Å². The van der Waals surface area contributed by atoms with Crippen LogP contribution in [0.5, 0.6) is 11.5 Å². The zero-order valence-corrected chi connectivity index (χ0v) is 12.9. The van der Waals surface area contributed by atoms with Gasteiger partial charge in [-0.2, -0.15) is 5.10 Å². The van der Waals surface area contributed by atoms with Gasteiger partial charge in [0.2, 0.25) is 0 Å². The number of nitrogen functional groups attached to an aromatic ring is 1. The summed E-state index contributed by atoms with van der Waals surface area (Å²) in [7, 11) is 0. The normalized spacial score (nSPS) is 14.1. The Bertz CT molecular complexity index is 645. The van der Waals surface area contributed by atoms with E-state index < -0.39 is 0 Å². The van der Waals surface area contributed by atoms with Gasteiger partial charge in [-0.1, -0.05) is 11.6 Å². The van der Waals surface area contributed by atoms with Gasteiger partial charge in [0.15, 0.2) is 11.5 Å². The molecule has 106 valence electrons. The number of nitrogens with zero attached hydrogens (tertiary/aromatic N) is 2. The third-order valence-electron chi connectivity index (χ3n) is 3.03. The second-order valence-electron chi connectivity index (χ2n) is 4.49. The summed E-state index contributed by atoms with van der Waals surface area (Å²) >= 11 is 9.41. The van der Waals surface area contributed by atoms with E-state index >= 15 is 0 Å². The van der Waals surface area contributed by atoms with Crippen molar-refractivity contribution in [1.29, 1.82) is 0 Å².